The molecule has 2 aliphatic heterocycles. The van der Waals surface area contributed by atoms with Crippen molar-refractivity contribution in [3.63, 3.8) is 0 Å². The summed E-state index contributed by atoms with van der Waals surface area (Å²) >= 11 is 0. The molecule has 2 fully saturated rings. The van der Waals surface area contributed by atoms with E-state index in [1.807, 2.05) is 32.8 Å². The third kappa shape index (κ3) is 2.52. The smallest absolute Gasteiger partial charge is 0.199 e. The summed E-state index contributed by atoms with van der Waals surface area (Å²) in [5.74, 6) is 0. The van der Waals surface area contributed by atoms with E-state index >= 15 is 0 Å². The van der Waals surface area contributed by atoms with Gasteiger partial charge in [0.25, 0.3) is 0 Å². The van der Waals surface area contributed by atoms with E-state index in [0.717, 1.165) is 6.42 Å². The van der Waals surface area contributed by atoms with Crippen LogP contribution in [0.4, 0.5) is 0 Å². The third-order valence-electron chi connectivity index (χ3n) is 4.93. The van der Waals surface area contributed by atoms with Crippen LogP contribution in [0.1, 0.15) is 61.8 Å². The summed E-state index contributed by atoms with van der Waals surface area (Å²) in [6, 6.07) is 0.0234. The highest BCUT2D eigenvalue weighted by molar-refractivity contribution is 5.05. The van der Waals surface area contributed by atoms with Gasteiger partial charge in [-0.2, -0.15) is 10.1 Å². The van der Waals surface area contributed by atoms with Gasteiger partial charge < -0.3 is 15.7 Å². The molecule has 0 bridgehead atoms. The molecule has 2 unspecified atom stereocenters. The Morgan fingerprint density at radius 3 is 1.90 bits per heavy atom. The second-order valence-electron chi connectivity index (χ2n) is 8.54. The fourth-order valence-electron chi connectivity index (χ4n) is 3.58. The van der Waals surface area contributed by atoms with E-state index in [1.165, 1.54) is 5.06 Å². The fraction of sp³-hybridized carbons (Fsp3) is 1.00. The summed E-state index contributed by atoms with van der Waals surface area (Å²) in [6.45, 7) is 15.8. The van der Waals surface area contributed by atoms with Gasteiger partial charge in [-0.1, -0.05) is 0 Å². The van der Waals surface area contributed by atoms with Gasteiger partial charge >= 0.3 is 0 Å². The van der Waals surface area contributed by atoms with Crippen molar-refractivity contribution in [3.8, 4) is 0 Å². The molecule has 0 aromatic carbocycles. The molecule has 0 aromatic rings. The Balaban J connectivity index is 2.26. The number of hydroxylamine groups is 4. The molecular formula is C15H31N3O3. The van der Waals surface area contributed by atoms with Crippen LogP contribution < -0.4 is 5.73 Å². The highest BCUT2D eigenvalue weighted by Crippen LogP contribution is 2.44. The minimum atomic E-state index is -0.787. The highest BCUT2D eigenvalue weighted by Gasteiger charge is 2.58. The topological polar surface area (TPSA) is 71.2 Å². The molecule has 0 spiro atoms. The summed E-state index contributed by atoms with van der Waals surface area (Å²) in [7, 11) is 0. The van der Waals surface area contributed by atoms with Gasteiger partial charge in [-0.3, -0.25) is 4.84 Å². The van der Waals surface area contributed by atoms with Crippen LogP contribution in [0.3, 0.4) is 0 Å². The summed E-state index contributed by atoms with van der Waals surface area (Å²) in [6.07, 6.45) is 0.278. The van der Waals surface area contributed by atoms with Crippen molar-refractivity contribution < 1.29 is 14.8 Å². The lowest BCUT2D eigenvalue weighted by atomic mass is 9.95. The number of ether oxygens (including phenoxy) is 1. The van der Waals surface area contributed by atoms with Gasteiger partial charge in [-0.15, -0.1) is 0 Å². The summed E-state index contributed by atoms with van der Waals surface area (Å²) < 4.78 is 5.93. The standard InChI is InChI=1S/C15H31N3O3/c1-12(2)9-10(16)13(3,4)18(12)21-11-14(5,6)17(19)15(7,8)20-11/h10-11,19H,9,16H2,1-8H3. The van der Waals surface area contributed by atoms with Gasteiger partial charge in [0.1, 0.15) is 5.72 Å². The van der Waals surface area contributed by atoms with Crippen molar-refractivity contribution in [2.24, 2.45) is 5.73 Å². The number of nitrogens with zero attached hydrogens (tertiary/aromatic N) is 2. The first-order chi connectivity index (χ1) is 9.23. The van der Waals surface area contributed by atoms with Gasteiger partial charge in [-0.25, -0.2) is 0 Å². The van der Waals surface area contributed by atoms with Crippen LogP contribution in [0.5, 0.6) is 0 Å². The first-order valence-corrected chi connectivity index (χ1v) is 7.63. The quantitative estimate of drug-likeness (QED) is 0.813. The maximum absolute atomic E-state index is 10.3. The van der Waals surface area contributed by atoms with E-state index in [4.69, 9.17) is 15.3 Å². The van der Waals surface area contributed by atoms with Gasteiger partial charge in [0.05, 0.1) is 11.1 Å². The maximum Gasteiger partial charge on any atom is 0.199 e. The lowest BCUT2D eigenvalue weighted by Gasteiger charge is -2.42. The fourth-order valence-corrected chi connectivity index (χ4v) is 3.58. The van der Waals surface area contributed by atoms with E-state index < -0.39 is 17.6 Å². The molecule has 0 aromatic heterocycles. The average Bonchev–Trinajstić information content (AvgIpc) is 2.54. The Morgan fingerprint density at radius 2 is 1.57 bits per heavy atom. The molecule has 6 heteroatoms. The van der Waals surface area contributed by atoms with Crippen molar-refractivity contribution in [2.75, 3.05) is 0 Å². The lowest BCUT2D eigenvalue weighted by Crippen LogP contribution is -2.57. The van der Waals surface area contributed by atoms with Gasteiger partial charge in [0.2, 0.25) is 0 Å². The summed E-state index contributed by atoms with van der Waals surface area (Å²) in [4.78, 5) is 6.22. The number of rotatable bonds is 2. The van der Waals surface area contributed by atoms with E-state index in [-0.39, 0.29) is 17.1 Å². The van der Waals surface area contributed by atoms with Crippen LogP contribution >= 0.6 is 0 Å². The van der Waals surface area contributed by atoms with Crippen LogP contribution in [0.2, 0.25) is 0 Å². The molecule has 0 saturated carbocycles. The molecule has 0 aliphatic carbocycles. The molecule has 2 aliphatic rings. The predicted molar refractivity (Wildman–Crippen MR) is 80.3 cm³/mol. The number of hydrogen-bond donors (Lipinski definition) is 2. The van der Waals surface area contributed by atoms with Crippen LogP contribution in [0, 0.1) is 0 Å². The van der Waals surface area contributed by atoms with Crippen LogP contribution in [0.25, 0.3) is 0 Å². The van der Waals surface area contributed by atoms with E-state index in [9.17, 15) is 5.21 Å². The van der Waals surface area contributed by atoms with Crippen LogP contribution in [-0.2, 0) is 9.57 Å². The molecule has 2 rings (SSSR count). The van der Waals surface area contributed by atoms with Crippen molar-refractivity contribution in [3.05, 3.63) is 0 Å². The molecule has 2 atom stereocenters. The van der Waals surface area contributed by atoms with Crippen molar-refractivity contribution >= 4 is 0 Å². The molecule has 2 saturated heterocycles. The molecular weight excluding hydrogens is 270 g/mol. The van der Waals surface area contributed by atoms with Crippen molar-refractivity contribution in [1.82, 2.24) is 10.1 Å². The number of hydrogen-bond acceptors (Lipinski definition) is 6. The minimum absolute atomic E-state index is 0.0234. The second kappa shape index (κ2) is 4.63. The zero-order chi connectivity index (χ0) is 16.4. The predicted octanol–water partition coefficient (Wildman–Crippen LogP) is 2.07. The lowest BCUT2D eigenvalue weighted by molar-refractivity contribution is -0.337. The normalized spacial score (nSPS) is 38.0. The Morgan fingerprint density at radius 1 is 1.05 bits per heavy atom. The first-order valence-electron chi connectivity index (χ1n) is 7.63. The average molecular weight is 301 g/mol. The van der Waals surface area contributed by atoms with Crippen LogP contribution in [0.15, 0.2) is 0 Å². The molecule has 0 radical (unpaired) electrons. The summed E-state index contributed by atoms with van der Waals surface area (Å²) in [5.41, 5.74) is 4.36. The van der Waals surface area contributed by atoms with Gasteiger partial charge in [0, 0.05) is 11.6 Å². The Kier molecular flexibility index (Phi) is 3.77. The Hall–Kier alpha value is -0.240. The minimum Gasteiger partial charge on any atom is -0.326 e. The van der Waals surface area contributed by atoms with Crippen molar-refractivity contribution in [1.29, 1.82) is 0 Å². The molecule has 0 amide bonds. The van der Waals surface area contributed by atoms with Gasteiger partial charge in [-0.05, 0) is 61.8 Å². The first kappa shape index (κ1) is 17.1. The third-order valence-corrected chi connectivity index (χ3v) is 4.93. The highest BCUT2D eigenvalue weighted by atomic mass is 16.8. The van der Waals surface area contributed by atoms with Crippen LogP contribution in [-0.4, -0.2) is 50.0 Å². The summed E-state index contributed by atoms with van der Waals surface area (Å²) in [5, 5.41) is 13.5. The second-order valence-corrected chi connectivity index (χ2v) is 8.54. The maximum atomic E-state index is 10.3. The zero-order valence-corrected chi connectivity index (χ0v) is 14.6. The van der Waals surface area contributed by atoms with Crippen molar-refractivity contribution in [2.45, 2.75) is 96.5 Å². The molecule has 3 N–H and O–H groups in total. The molecule has 2 heterocycles. The Bertz CT molecular complexity index is 420. The molecule has 6 nitrogen and oxygen atoms in total. The monoisotopic (exact) mass is 301 g/mol. The SMILES string of the molecule is CC1(C)CC(N)C(C)(C)N1OC1OC(C)(C)N(O)C1(C)C. The zero-order valence-electron chi connectivity index (χ0n) is 14.6. The largest absolute Gasteiger partial charge is 0.326 e. The van der Waals surface area contributed by atoms with E-state index in [1.54, 1.807) is 0 Å². The Labute approximate surface area is 128 Å². The van der Waals surface area contributed by atoms with E-state index in [2.05, 4.69) is 27.7 Å². The molecule has 124 valence electrons. The van der Waals surface area contributed by atoms with Gasteiger partial charge in [0.15, 0.2) is 6.29 Å². The van der Waals surface area contributed by atoms with E-state index in [0.29, 0.717) is 0 Å². The number of nitrogens with two attached hydrogens (primary N) is 1. The molecule has 21 heavy (non-hydrogen) atoms.